The second-order valence-corrected chi connectivity index (χ2v) is 31.0. The maximum atomic E-state index is 15.5. The third kappa shape index (κ3) is 21.4. The molecule has 12 amide bonds. The zero-order valence-electron chi connectivity index (χ0n) is 64.3. The number of alkyl halides is 6. The van der Waals surface area contributed by atoms with Gasteiger partial charge < -0.3 is 64.8 Å². The summed E-state index contributed by atoms with van der Waals surface area (Å²) in [6.45, 7) is 10.9. The summed E-state index contributed by atoms with van der Waals surface area (Å²) < 4.78 is 93.5. The number of nitrogens with zero attached hydrogens (tertiary/aromatic N) is 9. The van der Waals surface area contributed by atoms with E-state index in [9.17, 15) is 46.3 Å². The Kier molecular flexibility index (Phi) is 31.5. The first-order chi connectivity index (χ1) is 49.3. The Morgan fingerprint density at radius 3 is 1.83 bits per heavy atom. The van der Waals surface area contributed by atoms with Crippen LogP contribution in [0.4, 0.5) is 26.3 Å². The second kappa shape index (κ2) is 38.1. The minimum atomic E-state index is -5.19. The number of ether oxygens (including phenoxy) is 1. The van der Waals surface area contributed by atoms with Crippen molar-refractivity contribution < 1.29 is 88.6 Å². The summed E-state index contributed by atoms with van der Waals surface area (Å²) in [5.74, 6) is -14.6. The zero-order chi connectivity index (χ0) is 78.4. The summed E-state index contributed by atoms with van der Waals surface area (Å²) in [5.41, 5.74) is -1.68. The standard InChI is InChI=1S/C74H118F6N12O13/c1-16-44(7)62-70(102)86(11)42-60(95)87(12)53-24-21-20-22-33-91(69(53)101)57(37-45-25-28-48(75)29-26-45)68(100)85(10)41-58(93)81-52(30-27-46-35-50(76)61(51(77)36-46)74(78,79)80)66(98)92-40-49(105-19-4)38-55(92)65(97)83-73(31-23-32-73)72(104)90(15)63(47(17-2)18-3)71(103)89(14)56(67(99)84(8)9)39-59(94)88(13)54(34-43(5)6)64(96)82-62/h20-21,43-57,61-63H,16-19,22-42H2,1-15H3,(H,81,93)(H,82,96)(H,83,97)/b21-20-/t44-,45?,46?,48?,49+,50?,51?,52-,53-,54-,55-,56-,57-,61?,62-,63-/m0/s1. The Balaban J connectivity index is 1.48. The van der Waals surface area contributed by atoms with Gasteiger partial charge in [-0.3, -0.25) is 57.5 Å². The van der Waals surface area contributed by atoms with E-state index in [1.54, 1.807) is 32.9 Å². The molecule has 3 aliphatic carbocycles. The van der Waals surface area contributed by atoms with Crippen LogP contribution in [-0.4, -0.2) is 289 Å². The molecule has 2 saturated heterocycles. The fraction of sp³-hybridized carbons (Fsp3) is 0.811. The van der Waals surface area contributed by atoms with Gasteiger partial charge in [-0.05, 0) is 133 Å². The molecule has 5 fully saturated rings. The van der Waals surface area contributed by atoms with Gasteiger partial charge in [-0.2, -0.15) is 13.2 Å². The van der Waals surface area contributed by atoms with Crippen molar-refractivity contribution >= 4 is 70.9 Å². The maximum absolute atomic E-state index is 15.5. The Hall–Kier alpha value is -7.08. The van der Waals surface area contributed by atoms with Crippen molar-refractivity contribution in [3.05, 3.63) is 12.2 Å². The average molecular weight is 1500 g/mol. The predicted octanol–water partition coefficient (Wildman–Crippen LogP) is 5.76. The molecule has 31 heteroatoms. The van der Waals surface area contributed by atoms with Crippen LogP contribution in [0.3, 0.4) is 0 Å². The highest BCUT2D eigenvalue weighted by molar-refractivity contribution is 6.01. The summed E-state index contributed by atoms with van der Waals surface area (Å²) in [6, 6.07) is -11.0. The van der Waals surface area contributed by atoms with Gasteiger partial charge in [0.2, 0.25) is 70.9 Å². The van der Waals surface area contributed by atoms with Crippen LogP contribution in [0.1, 0.15) is 177 Å². The van der Waals surface area contributed by atoms with Gasteiger partial charge in [0.1, 0.15) is 78.3 Å². The second-order valence-electron chi connectivity index (χ2n) is 31.0. The van der Waals surface area contributed by atoms with Crippen molar-refractivity contribution in [2.24, 2.45) is 35.5 Å². The molecule has 3 N–H and O–H groups in total. The van der Waals surface area contributed by atoms with Crippen LogP contribution < -0.4 is 16.0 Å². The molecule has 0 radical (unpaired) electrons. The van der Waals surface area contributed by atoms with E-state index in [1.165, 1.54) is 80.9 Å². The van der Waals surface area contributed by atoms with E-state index >= 15 is 37.5 Å². The topological polar surface area (TPSA) is 279 Å². The van der Waals surface area contributed by atoms with Gasteiger partial charge in [0, 0.05) is 82.5 Å². The molecule has 6 rings (SSSR count). The first-order valence-corrected chi connectivity index (χ1v) is 37.8. The van der Waals surface area contributed by atoms with Crippen molar-refractivity contribution in [2.75, 3.05) is 89.2 Å². The molecular weight excluding hydrogens is 1380 g/mol. The third-order valence-corrected chi connectivity index (χ3v) is 23.0. The summed E-state index contributed by atoms with van der Waals surface area (Å²) in [5, 5.41) is 8.48. The smallest absolute Gasteiger partial charge is 0.377 e. The summed E-state index contributed by atoms with van der Waals surface area (Å²) in [4.78, 5) is 191. The van der Waals surface area contributed by atoms with Crippen LogP contribution in [0.25, 0.3) is 0 Å². The highest BCUT2D eigenvalue weighted by atomic mass is 19.4. The summed E-state index contributed by atoms with van der Waals surface area (Å²) in [6.07, 6.45) is -8.89. The SMILES string of the molecule is CCO[C@@H]1C[C@H]2C(=O)NC3(CCC3)C(=O)N(C)[C@@H](C(CC)CC)C(=O)N(C)[C@H](C(=O)N(C)C)CC(=O)N(C)[C@@H](CC(C)C)C(=O)N[C@@H]([C@@H](C)CC)C(=O)N(C)CC(=O)N(C)[C@H]3C/C=C\CCN(C3=O)[C@@H](CC3CCC(F)CC3)C(=O)N(C)CC(=O)N[C@@H](CCC3CC(F)C(C(F)(F)F)C(F)C3)C(=O)N2C1. The molecule has 0 aromatic rings. The molecule has 3 aliphatic heterocycles. The minimum absolute atomic E-state index is 0.00931. The van der Waals surface area contributed by atoms with Gasteiger partial charge in [-0.25, -0.2) is 13.2 Å². The normalized spacial score (nSPS) is 31.5. The van der Waals surface area contributed by atoms with Crippen LogP contribution in [0.2, 0.25) is 0 Å². The monoisotopic (exact) mass is 1500 g/mol. The van der Waals surface area contributed by atoms with Crippen LogP contribution in [0.5, 0.6) is 0 Å². The van der Waals surface area contributed by atoms with Crippen molar-refractivity contribution in [1.82, 2.24) is 60.0 Å². The van der Waals surface area contributed by atoms with Crippen LogP contribution in [0.15, 0.2) is 12.2 Å². The summed E-state index contributed by atoms with van der Waals surface area (Å²) >= 11 is 0. The molecule has 12 atom stereocenters. The lowest BCUT2D eigenvalue weighted by atomic mass is 9.74. The molecule has 2 unspecified atom stereocenters. The molecule has 3 saturated carbocycles. The van der Waals surface area contributed by atoms with E-state index in [2.05, 4.69) is 16.0 Å². The molecule has 105 heavy (non-hydrogen) atoms. The fourth-order valence-electron chi connectivity index (χ4n) is 16.1. The van der Waals surface area contributed by atoms with Gasteiger partial charge in [0.25, 0.3) is 0 Å². The quantitative estimate of drug-likeness (QED) is 0.130. The Morgan fingerprint density at radius 1 is 0.657 bits per heavy atom. The molecule has 25 nitrogen and oxygen atoms in total. The highest BCUT2D eigenvalue weighted by Crippen LogP contribution is 2.45. The number of carbonyl (C=O) groups excluding carboxylic acids is 12. The maximum Gasteiger partial charge on any atom is 0.397 e. The first kappa shape index (κ1) is 86.8. The third-order valence-electron chi connectivity index (χ3n) is 23.0. The molecule has 6 aliphatic rings. The number of hydrogen-bond acceptors (Lipinski definition) is 13. The van der Waals surface area contributed by atoms with Gasteiger partial charge >= 0.3 is 6.18 Å². The molecule has 594 valence electrons. The number of fused-ring (bicyclic) bond motifs is 3. The van der Waals surface area contributed by atoms with Gasteiger partial charge in [0.05, 0.1) is 25.6 Å². The number of halogens is 6. The lowest BCUT2D eigenvalue weighted by Gasteiger charge is -2.47. The largest absolute Gasteiger partial charge is 0.397 e. The molecular formula is C74H118F6N12O13. The molecule has 3 heterocycles. The number of likely N-dealkylation sites (N-methyl/N-ethyl adjacent to an activating group) is 7. The molecule has 0 aromatic carbocycles. The van der Waals surface area contributed by atoms with Gasteiger partial charge in [-0.1, -0.05) is 73.0 Å². The van der Waals surface area contributed by atoms with Crippen LogP contribution >= 0.6 is 0 Å². The van der Waals surface area contributed by atoms with Crippen molar-refractivity contribution in [1.29, 1.82) is 0 Å². The molecule has 1 spiro atoms. The van der Waals surface area contributed by atoms with E-state index in [1.807, 2.05) is 27.7 Å². The first-order valence-electron chi connectivity index (χ1n) is 37.8. The van der Waals surface area contributed by atoms with E-state index in [0.717, 1.165) is 19.6 Å². The van der Waals surface area contributed by atoms with Crippen molar-refractivity contribution in [3.63, 3.8) is 0 Å². The molecule has 0 aromatic heterocycles. The number of nitrogens with one attached hydrogen (secondary N) is 3. The minimum Gasteiger partial charge on any atom is -0.377 e. The van der Waals surface area contributed by atoms with E-state index < -0.39 is 218 Å². The number of amides is 12. The Labute approximate surface area is 615 Å². The highest BCUT2D eigenvalue weighted by Gasteiger charge is 2.56. The van der Waals surface area contributed by atoms with E-state index in [4.69, 9.17) is 4.74 Å². The number of carbonyl (C=O) groups is 12. The Bertz CT molecular complexity index is 3080. The lowest BCUT2D eigenvalue weighted by Crippen LogP contribution is -2.68. The van der Waals surface area contributed by atoms with Crippen molar-refractivity contribution in [2.45, 2.75) is 262 Å². The van der Waals surface area contributed by atoms with Crippen LogP contribution in [0, 0.1) is 35.5 Å². The lowest BCUT2D eigenvalue weighted by molar-refractivity contribution is -0.219. The van der Waals surface area contributed by atoms with E-state index in [0.29, 0.717) is 38.5 Å². The molecule has 2 bridgehead atoms. The van der Waals surface area contributed by atoms with Gasteiger partial charge in [-0.15, -0.1) is 0 Å². The number of rotatable bonds is 15. The van der Waals surface area contributed by atoms with Gasteiger partial charge in [0.15, 0.2) is 0 Å². The number of hydrogen-bond donors (Lipinski definition) is 3. The Morgan fingerprint density at radius 2 is 1.28 bits per heavy atom. The summed E-state index contributed by atoms with van der Waals surface area (Å²) in [7, 11) is 11.0. The zero-order valence-corrected chi connectivity index (χ0v) is 64.3. The van der Waals surface area contributed by atoms with Crippen LogP contribution in [-0.2, 0) is 62.3 Å². The van der Waals surface area contributed by atoms with Crippen molar-refractivity contribution in [3.8, 4) is 0 Å². The predicted molar refractivity (Wildman–Crippen MR) is 379 cm³/mol. The van der Waals surface area contributed by atoms with E-state index in [-0.39, 0.29) is 95.7 Å². The average Bonchev–Trinajstić information content (AvgIpc) is 1.63. The fourth-order valence-corrected chi connectivity index (χ4v) is 16.1.